The molecule has 0 aromatic rings. The van der Waals surface area contributed by atoms with Gasteiger partial charge < -0.3 is 0 Å². The van der Waals surface area contributed by atoms with Crippen molar-refractivity contribution in [2.45, 2.75) is 32.1 Å². The molecule has 0 heterocycles. The third-order valence-corrected chi connectivity index (χ3v) is 1.93. The van der Waals surface area contributed by atoms with E-state index >= 15 is 0 Å². The third-order valence-electron chi connectivity index (χ3n) is 1.93. The van der Waals surface area contributed by atoms with E-state index < -0.39 is 0 Å². The SMILES string of the molecule is [C]1=C/CC/C=C/C=C\CCC/C=C/1. The molecule has 1 radical (unpaired) electrons. The minimum atomic E-state index is 1.09. The van der Waals surface area contributed by atoms with Gasteiger partial charge in [-0.3, -0.25) is 0 Å². The molecule has 0 fully saturated rings. The highest BCUT2D eigenvalue weighted by atomic mass is 13.9. The lowest BCUT2D eigenvalue weighted by Crippen LogP contribution is -1.67. The molecule has 1 rings (SSSR count). The zero-order valence-electron chi connectivity index (χ0n) is 8.08. The molecule has 0 aromatic carbocycles. The Kier molecular flexibility index (Phi) is 5.87. The number of hydrogen-bond acceptors (Lipinski definition) is 0. The van der Waals surface area contributed by atoms with E-state index in [1.54, 1.807) is 0 Å². The molecule has 0 nitrogen and oxygen atoms in total. The van der Waals surface area contributed by atoms with E-state index in [0.29, 0.717) is 0 Å². The standard InChI is InChI=1S/C13H17/c1-2-4-6-8-10-12-13-11-9-7-5-3-1/h1-4,9,12-13H,5-8,10H2/b3-1+,4-2-,11-9?,13-12+. The fourth-order valence-corrected chi connectivity index (χ4v) is 1.19. The zero-order chi connectivity index (χ0) is 9.19. The van der Waals surface area contributed by atoms with Gasteiger partial charge in [-0.2, -0.15) is 0 Å². The number of allylic oxidation sites excluding steroid dienone is 8. The van der Waals surface area contributed by atoms with Crippen LogP contribution in [0.25, 0.3) is 0 Å². The quantitative estimate of drug-likeness (QED) is 0.520. The molecule has 1 aliphatic rings. The first-order chi connectivity index (χ1) is 6.50. The van der Waals surface area contributed by atoms with E-state index in [0.717, 1.165) is 19.3 Å². The summed E-state index contributed by atoms with van der Waals surface area (Å²) in [4.78, 5) is 0. The molecule has 0 unspecified atom stereocenters. The van der Waals surface area contributed by atoms with Gasteiger partial charge >= 0.3 is 0 Å². The normalized spacial score (nSPS) is 28.9. The fraction of sp³-hybridized carbons (Fsp3) is 0.385. The van der Waals surface area contributed by atoms with Gasteiger partial charge in [-0.15, -0.1) is 0 Å². The maximum atomic E-state index is 3.16. The van der Waals surface area contributed by atoms with Gasteiger partial charge in [0.2, 0.25) is 0 Å². The second-order valence-electron chi connectivity index (χ2n) is 3.14. The summed E-state index contributed by atoms with van der Waals surface area (Å²) < 4.78 is 0. The van der Waals surface area contributed by atoms with Gasteiger partial charge in [0.25, 0.3) is 0 Å². The summed E-state index contributed by atoms with van der Waals surface area (Å²) in [6, 6.07) is 0. The Labute approximate surface area is 81.4 Å². The topological polar surface area (TPSA) is 0 Å². The molecule has 69 valence electrons. The van der Waals surface area contributed by atoms with Crippen LogP contribution >= 0.6 is 0 Å². The Morgan fingerprint density at radius 3 is 2.46 bits per heavy atom. The van der Waals surface area contributed by atoms with Gasteiger partial charge in [0.1, 0.15) is 0 Å². The van der Waals surface area contributed by atoms with Gasteiger partial charge in [-0.05, 0) is 38.2 Å². The van der Waals surface area contributed by atoms with Crippen LogP contribution in [0, 0.1) is 6.08 Å². The molecule has 0 spiro atoms. The lowest BCUT2D eigenvalue weighted by molar-refractivity contribution is 0.868. The van der Waals surface area contributed by atoms with Crippen LogP contribution in [0.2, 0.25) is 0 Å². The van der Waals surface area contributed by atoms with Crippen molar-refractivity contribution in [1.82, 2.24) is 0 Å². The Bertz CT molecular complexity index is 192. The summed E-state index contributed by atoms with van der Waals surface area (Å²) in [5, 5.41) is 0. The maximum Gasteiger partial charge on any atom is -0.0230 e. The van der Waals surface area contributed by atoms with Crippen LogP contribution < -0.4 is 0 Å². The molecule has 0 aliphatic heterocycles. The second-order valence-corrected chi connectivity index (χ2v) is 3.14. The maximum absolute atomic E-state index is 3.16. The smallest absolute Gasteiger partial charge is 0.0230 e. The Balaban J connectivity index is 2.38. The summed E-state index contributed by atoms with van der Waals surface area (Å²) in [6.45, 7) is 0. The van der Waals surface area contributed by atoms with E-state index in [-0.39, 0.29) is 0 Å². The number of rotatable bonds is 0. The van der Waals surface area contributed by atoms with Crippen molar-refractivity contribution >= 4 is 0 Å². The van der Waals surface area contributed by atoms with Crippen molar-refractivity contribution < 1.29 is 0 Å². The molecule has 1 aliphatic carbocycles. The fourth-order valence-electron chi connectivity index (χ4n) is 1.19. The lowest BCUT2D eigenvalue weighted by atomic mass is 10.2. The van der Waals surface area contributed by atoms with Gasteiger partial charge in [0.15, 0.2) is 0 Å². The highest BCUT2D eigenvalue weighted by molar-refractivity contribution is 5.04. The average Bonchev–Trinajstić information content (AvgIpc) is 2.18. The van der Waals surface area contributed by atoms with Crippen LogP contribution in [0.15, 0.2) is 42.5 Å². The van der Waals surface area contributed by atoms with Gasteiger partial charge in [0.05, 0.1) is 0 Å². The molecule has 13 heavy (non-hydrogen) atoms. The van der Waals surface area contributed by atoms with Crippen molar-refractivity contribution in [3.8, 4) is 0 Å². The van der Waals surface area contributed by atoms with Gasteiger partial charge in [-0.1, -0.05) is 42.5 Å². The first-order valence-corrected chi connectivity index (χ1v) is 5.04. The summed E-state index contributed by atoms with van der Waals surface area (Å²) in [7, 11) is 0. The predicted molar refractivity (Wildman–Crippen MR) is 58.3 cm³/mol. The Morgan fingerprint density at radius 2 is 1.54 bits per heavy atom. The molecule has 0 bridgehead atoms. The summed E-state index contributed by atoms with van der Waals surface area (Å²) in [5.41, 5.74) is 0. The van der Waals surface area contributed by atoms with Crippen LogP contribution in [-0.2, 0) is 0 Å². The van der Waals surface area contributed by atoms with Crippen LogP contribution in [0.5, 0.6) is 0 Å². The summed E-state index contributed by atoms with van der Waals surface area (Å²) >= 11 is 0. The zero-order valence-corrected chi connectivity index (χ0v) is 8.08. The minimum Gasteiger partial charge on any atom is -0.0845 e. The van der Waals surface area contributed by atoms with Gasteiger partial charge in [0, 0.05) is 0 Å². The Hall–Kier alpha value is -1.04. The molecule has 0 amide bonds. The molecule has 0 saturated carbocycles. The van der Waals surface area contributed by atoms with Crippen LogP contribution in [0.1, 0.15) is 32.1 Å². The van der Waals surface area contributed by atoms with Crippen molar-refractivity contribution in [3.05, 3.63) is 48.6 Å². The molecule has 0 N–H and O–H groups in total. The molecule has 0 atom stereocenters. The first-order valence-electron chi connectivity index (χ1n) is 5.04. The molecule has 0 heteroatoms. The first kappa shape index (κ1) is 10.0. The highest BCUT2D eigenvalue weighted by Crippen LogP contribution is 2.00. The average molecular weight is 173 g/mol. The van der Waals surface area contributed by atoms with E-state index in [4.69, 9.17) is 0 Å². The molecule has 0 aromatic heterocycles. The Morgan fingerprint density at radius 1 is 0.769 bits per heavy atom. The summed E-state index contributed by atoms with van der Waals surface area (Å²) in [5.74, 6) is 0. The third kappa shape index (κ3) is 6.15. The second kappa shape index (κ2) is 7.60. The van der Waals surface area contributed by atoms with E-state index in [2.05, 4.69) is 42.5 Å². The van der Waals surface area contributed by atoms with E-state index in [1.807, 2.05) is 6.08 Å². The lowest BCUT2D eigenvalue weighted by Gasteiger charge is -1.87. The van der Waals surface area contributed by atoms with E-state index in [1.165, 1.54) is 12.8 Å². The highest BCUT2D eigenvalue weighted by Gasteiger charge is 1.80. The predicted octanol–water partition coefficient (Wildman–Crippen LogP) is 3.98. The van der Waals surface area contributed by atoms with Crippen LogP contribution in [0.4, 0.5) is 0 Å². The van der Waals surface area contributed by atoms with Crippen LogP contribution in [-0.4, -0.2) is 0 Å². The van der Waals surface area contributed by atoms with Gasteiger partial charge in [-0.25, -0.2) is 0 Å². The van der Waals surface area contributed by atoms with E-state index in [9.17, 15) is 0 Å². The minimum absolute atomic E-state index is 1.09. The molecular formula is C13H17. The monoisotopic (exact) mass is 173 g/mol. The number of hydrogen-bond donors (Lipinski definition) is 0. The van der Waals surface area contributed by atoms with Crippen molar-refractivity contribution in [3.63, 3.8) is 0 Å². The molecule has 0 saturated heterocycles. The largest absolute Gasteiger partial charge is 0.0845 e. The summed E-state index contributed by atoms with van der Waals surface area (Å²) in [6.07, 6.45) is 24.0. The van der Waals surface area contributed by atoms with Crippen molar-refractivity contribution in [2.24, 2.45) is 0 Å². The van der Waals surface area contributed by atoms with Crippen LogP contribution in [0.3, 0.4) is 0 Å². The van der Waals surface area contributed by atoms with Crippen molar-refractivity contribution in [1.29, 1.82) is 0 Å². The van der Waals surface area contributed by atoms with Crippen molar-refractivity contribution in [2.75, 3.05) is 0 Å². The molecular weight excluding hydrogens is 156 g/mol.